The molecule has 1 aromatic carbocycles. The summed E-state index contributed by atoms with van der Waals surface area (Å²) in [5.41, 5.74) is 0.928. The molecule has 1 saturated heterocycles. The number of aromatic hydroxyl groups is 2. The number of phenols is 2. The van der Waals surface area contributed by atoms with Crippen LogP contribution in [-0.4, -0.2) is 81.8 Å². The number of phosphoric ester groups is 1. The lowest BCUT2D eigenvalue weighted by Gasteiger charge is -2.16. The van der Waals surface area contributed by atoms with Gasteiger partial charge in [0.05, 0.1) is 20.0 Å². The van der Waals surface area contributed by atoms with Crippen molar-refractivity contribution in [1.82, 2.24) is 19.5 Å². The van der Waals surface area contributed by atoms with Crippen molar-refractivity contribution in [2.24, 2.45) is 0 Å². The third-order valence-electron chi connectivity index (χ3n) is 5.20. The molecule has 184 valence electrons. The molecule has 0 unspecified atom stereocenters. The van der Waals surface area contributed by atoms with E-state index in [4.69, 9.17) is 19.3 Å². The number of benzene rings is 1. The minimum Gasteiger partial charge on any atom is -0.507 e. The van der Waals surface area contributed by atoms with E-state index in [9.17, 15) is 25.0 Å². The highest BCUT2D eigenvalue weighted by Gasteiger charge is 2.45. The number of nitrogens with one attached hydrogen (secondary N) is 1. The SMILES string of the molecule is COc1cc(CNc2ncnc3c2ncn3[C@@H]2O[C@H](COP(=O)(O)O)[C@@H](O)[C@H]2O)c(O)cc1O. The van der Waals surface area contributed by atoms with Crippen molar-refractivity contribution in [2.45, 2.75) is 31.1 Å². The van der Waals surface area contributed by atoms with Crippen LogP contribution in [0.1, 0.15) is 11.8 Å². The van der Waals surface area contributed by atoms with E-state index < -0.39 is 39.0 Å². The number of rotatable bonds is 8. The quantitative estimate of drug-likeness (QED) is 0.196. The molecule has 16 heteroatoms. The molecule has 0 amide bonds. The molecular formula is C18H22N5O10P. The van der Waals surface area contributed by atoms with Crippen molar-refractivity contribution >= 4 is 24.8 Å². The van der Waals surface area contributed by atoms with Crippen LogP contribution < -0.4 is 10.1 Å². The fraction of sp³-hybridized carbons (Fsp3) is 0.389. The van der Waals surface area contributed by atoms with Crippen LogP contribution in [0.25, 0.3) is 11.2 Å². The minimum atomic E-state index is -4.80. The molecule has 3 heterocycles. The highest BCUT2D eigenvalue weighted by atomic mass is 31.2. The molecule has 0 radical (unpaired) electrons. The number of nitrogens with zero attached hydrogens (tertiary/aromatic N) is 4. The Morgan fingerprint density at radius 1 is 1.15 bits per heavy atom. The molecular weight excluding hydrogens is 477 g/mol. The number of aliphatic hydroxyl groups excluding tert-OH is 2. The largest absolute Gasteiger partial charge is 0.507 e. The lowest BCUT2D eigenvalue weighted by molar-refractivity contribution is -0.0504. The van der Waals surface area contributed by atoms with E-state index in [0.29, 0.717) is 5.56 Å². The van der Waals surface area contributed by atoms with Crippen LogP contribution in [0.2, 0.25) is 0 Å². The maximum Gasteiger partial charge on any atom is 0.469 e. The summed E-state index contributed by atoms with van der Waals surface area (Å²) in [6, 6.07) is 2.61. The van der Waals surface area contributed by atoms with Crippen molar-refractivity contribution in [2.75, 3.05) is 19.0 Å². The highest BCUT2D eigenvalue weighted by Crippen LogP contribution is 2.39. The number of hydrogen-bond acceptors (Lipinski definition) is 12. The number of ether oxygens (including phenoxy) is 2. The molecule has 0 spiro atoms. The number of phosphoric acid groups is 1. The van der Waals surface area contributed by atoms with Crippen LogP contribution in [-0.2, 0) is 20.4 Å². The van der Waals surface area contributed by atoms with Gasteiger partial charge in [-0.1, -0.05) is 0 Å². The highest BCUT2D eigenvalue weighted by molar-refractivity contribution is 7.46. The lowest BCUT2D eigenvalue weighted by atomic mass is 10.1. The zero-order valence-electron chi connectivity index (χ0n) is 17.6. The van der Waals surface area contributed by atoms with Crippen molar-refractivity contribution in [3.05, 3.63) is 30.4 Å². The minimum absolute atomic E-state index is 0.0878. The monoisotopic (exact) mass is 499 g/mol. The van der Waals surface area contributed by atoms with Crippen molar-refractivity contribution in [3.63, 3.8) is 0 Å². The van der Waals surface area contributed by atoms with Crippen molar-refractivity contribution in [3.8, 4) is 17.2 Å². The van der Waals surface area contributed by atoms with Gasteiger partial charge in [0.1, 0.15) is 30.4 Å². The van der Waals surface area contributed by atoms with Gasteiger partial charge in [0, 0.05) is 18.2 Å². The second kappa shape index (κ2) is 9.31. The summed E-state index contributed by atoms with van der Waals surface area (Å²) < 4.78 is 27.3. The number of methoxy groups -OCH3 is 1. The van der Waals surface area contributed by atoms with E-state index in [-0.39, 0.29) is 40.8 Å². The van der Waals surface area contributed by atoms with Crippen molar-refractivity contribution < 1.29 is 48.8 Å². The molecule has 1 aliphatic rings. The van der Waals surface area contributed by atoms with Crippen LogP contribution >= 0.6 is 7.82 Å². The summed E-state index contributed by atoms with van der Waals surface area (Å²) in [6.07, 6.45) is -2.79. The molecule has 4 atom stereocenters. The summed E-state index contributed by atoms with van der Waals surface area (Å²) >= 11 is 0. The summed E-state index contributed by atoms with van der Waals surface area (Å²) in [5.74, 6) is 0.0786. The molecule has 0 saturated carbocycles. The first-order valence-electron chi connectivity index (χ1n) is 9.81. The van der Waals surface area contributed by atoms with Crippen LogP contribution in [0.5, 0.6) is 17.2 Å². The van der Waals surface area contributed by atoms with Crippen LogP contribution in [0.4, 0.5) is 5.82 Å². The van der Waals surface area contributed by atoms with Gasteiger partial charge in [0.2, 0.25) is 0 Å². The van der Waals surface area contributed by atoms with E-state index in [1.807, 2.05) is 0 Å². The molecule has 2 aromatic heterocycles. The predicted octanol–water partition coefficient (Wildman–Crippen LogP) is -0.413. The second-order valence-electron chi connectivity index (χ2n) is 7.39. The van der Waals surface area contributed by atoms with Gasteiger partial charge in [-0.05, 0) is 6.07 Å². The molecule has 1 fully saturated rings. The Hall–Kier alpha value is -3.04. The van der Waals surface area contributed by atoms with Gasteiger partial charge in [0.15, 0.2) is 34.7 Å². The first-order chi connectivity index (χ1) is 16.1. The van der Waals surface area contributed by atoms with Gasteiger partial charge in [-0.15, -0.1) is 0 Å². The topological polar surface area (TPSA) is 222 Å². The first-order valence-corrected chi connectivity index (χ1v) is 11.3. The Balaban J connectivity index is 1.55. The first kappa shape index (κ1) is 24.1. The average molecular weight is 499 g/mol. The summed E-state index contributed by atoms with van der Waals surface area (Å²) in [6.45, 7) is -0.558. The zero-order chi connectivity index (χ0) is 24.6. The fourth-order valence-corrected chi connectivity index (χ4v) is 3.86. The summed E-state index contributed by atoms with van der Waals surface area (Å²) in [5, 5.41) is 43.5. The molecule has 4 rings (SSSR count). The van der Waals surface area contributed by atoms with Gasteiger partial charge in [-0.3, -0.25) is 9.09 Å². The van der Waals surface area contributed by atoms with Gasteiger partial charge < -0.3 is 45.0 Å². The van der Waals surface area contributed by atoms with E-state index in [1.54, 1.807) is 0 Å². The number of phenolic OH excluding ortho intramolecular Hbond substituents is 2. The Bertz CT molecular complexity index is 1230. The molecule has 0 bridgehead atoms. The lowest BCUT2D eigenvalue weighted by Crippen LogP contribution is -2.33. The zero-order valence-corrected chi connectivity index (χ0v) is 18.5. The van der Waals surface area contributed by atoms with E-state index in [1.165, 1.54) is 30.4 Å². The number of anilines is 1. The fourth-order valence-electron chi connectivity index (χ4n) is 3.52. The average Bonchev–Trinajstić information content (AvgIpc) is 3.33. The second-order valence-corrected chi connectivity index (χ2v) is 8.62. The molecule has 1 aliphatic heterocycles. The third kappa shape index (κ3) is 4.76. The Morgan fingerprint density at radius 2 is 1.91 bits per heavy atom. The number of fused-ring (bicyclic) bond motifs is 1. The smallest absolute Gasteiger partial charge is 0.469 e. The molecule has 15 nitrogen and oxygen atoms in total. The van der Waals surface area contributed by atoms with Gasteiger partial charge in [-0.2, -0.15) is 0 Å². The van der Waals surface area contributed by atoms with E-state index in [0.717, 1.165) is 6.07 Å². The van der Waals surface area contributed by atoms with Crippen LogP contribution in [0.3, 0.4) is 0 Å². The number of hydrogen-bond donors (Lipinski definition) is 7. The maximum absolute atomic E-state index is 10.9. The maximum atomic E-state index is 10.9. The normalized spacial score (nSPS) is 22.9. The Kier molecular flexibility index (Phi) is 6.60. The molecule has 0 aliphatic carbocycles. The van der Waals surface area contributed by atoms with Crippen molar-refractivity contribution in [1.29, 1.82) is 0 Å². The van der Waals surface area contributed by atoms with Gasteiger partial charge >= 0.3 is 7.82 Å². The van der Waals surface area contributed by atoms with Gasteiger partial charge in [-0.25, -0.2) is 19.5 Å². The number of aromatic nitrogens is 4. The Morgan fingerprint density at radius 3 is 2.62 bits per heavy atom. The molecule has 3 aromatic rings. The number of aliphatic hydroxyl groups is 2. The molecule has 34 heavy (non-hydrogen) atoms. The van der Waals surface area contributed by atoms with Gasteiger partial charge in [0.25, 0.3) is 0 Å². The molecule has 7 N–H and O–H groups in total. The van der Waals surface area contributed by atoms with E-state index in [2.05, 4.69) is 24.8 Å². The number of imidazole rings is 1. The Labute approximate surface area is 191 Å². The third-order valence-corrected chi connectivity index (χ3v) is 5.69. The summed E-state index contributed by atoms with van der Waals surface area (Å²) in [4.78, 5) is 30.2. The van der Waals surface area contributed by atoms with Crippen LogP contribution in [0, 0.1) is 0 Å². The predicted molar refractivity (Wildman–Crippen MR) is 113 cm³/mol. The standard InChI is InChI=1S/C18H22N5O10P/c1-31-11-2-8(9(24)3-10(11)25)4-19-16-13-17(21-6-20-16)23(7-22-13)18-15(27)14(26)12(33-18)5-32-34(28,29)30/h2-3,6-7,12,14-15,18,24-27H,4-5H2,1H3,(H,19,20,21)(H2,28,29,30)/t12-,14-,15-,18-/m1/s1. The summed E-state index contributed by atoms with van der Waals surface area (Å²) in [7, 11) is -3.42. The van der Waals surface area contributed by atoms with Crippen LogP contribution in [0.15, 0.2) is 24.8 Å². The van der Waals surface area contributed by atoms with E-state index >= 15 is 0 Å².